The Morgan fingerprint density at radius 2 is 1.89 bits per heavy atom. The average Bonchev–Trinajstić information content (AvgIpc) is 2.59. The lowest BCUT2D eigenvalue weighted by Crippen LogP contribution is -2.51. The Morgan fingerprint density at radius 3 is 2.54 bits per heavy atom. The van der Waals surface area contributed by atoms with Crippen LogP contribution >= 0.6 is 11.6 Å². The largest absolute Gasteiger partial charge is 0.378 e. The van der Waals surface area contributed by atoms with E-state index in [1.54, 1.807) is 6.20 Å². The van der Waals surface area contributed by atoms with E-state index >= 15 is 0 Å². The lowest BCUT2D eigenvalue weighted by atomic mass is 9.85. The van der Waals surface area contributed by atoms with E-state index in [4.69, 9.17) is 16.3 Å². The monoisotopic (exact) mass is 399 g/mol. The Morgan fingerprint density at radius 1 is 1.11 bits per heavy atom. The second-order valence-corrected chi connectivity index (χ2v) is 8.82. The number of benzene rings is 1. The molecule has 2 aliphatic heterocycles. The fourth-order valence-electron chi connectivity index (χ4n) is 4.47. The fraction of sp³-hybridized carbons (Fsp3) is 0.545. The van der Waals surface area contributed by atoms with Gasteiger partial charge in [-0.1, -0.05) is 18.0 Å². The van der Waals surface area contributed by atoms with Crippen LogP contribution in [0.5, 0.6) is 0 Å². The van der Waals surface area contributed by atoms with Crippen molar-refractivity contribution in [3.05, 3.63) is 35.0 Å². The van der Waals surface area contributed by atoms with E-state index in [2.05, 4.69) is 21.3 Å². The number of carbonyl (C=O) groups is 1. The van der Waals surface area contributed by atoms with Crippen molar-refractivity contribution in [1.82, 2.24) is 9.88 Å². The van der Waals surface area contributed by atoms with Crippen LogP contribution in [-0.2, 0) is 9.53 Å². The molecule has 1 saturated carbocycles. The average molecular weight is 400 g/mol. The van der Waals surface area contributed by atoms with Crippen molar-refractivity contribution in [3.8, 4) is 0 Å². The van der Waals surface area contributed by atoms with Gasteiger partial charge in [-0.05, 0) is 73.8 Å². The van der Waals surface area contributed by atoms with Gasteiger partial charge in [-0.2, -0.15) is 0 Å². The minimum atomic E-state index is 0.0969. The van der Waals surface area contributed by atoms with E-state index in [0.29, 0.717) is 17.8 Å². The SMILES string of the molecule is O=C(Nc1cc2cc(C3CCN(C4COC4)CC3)c(Cl)cc2cn1)C1CCC1. The predicted molar refractivity (Wildman–Crippen MR) is 111 cm³/mol. The summed E-state index contributed by atoms with van der Waals surface area (Å²) in [4.78, 5) is 19.2. The summed E-state index contributed by atoms with van der Waals surface area (Å²) in [6, 6.07) is 6.81. The zero-order chi connectivity index (χ0) is 19.1. The molecule has 0 radical (unpaired) electrons. The first-order valence-electron chi connectivity index (χ1n) is 10.4. The quantitative estimate of drug-likeness (QED) is 0.836. The van der Waals surface area contributed by atoms with Crippen molar-refractivity contribution in [1.29, 1.82) is 0 Å². The van der Waals surface area contributed by atoms with Crippen molar-refractivity contribution in [2.24, 2.45) is 5.92 Å². The van der Waals surface area contributed by atoms with Gasteiger partial charge in [-0.15, -0.1) is 0 Å². The van der Waals surface area contributed by atoms with Crippen LogP contribution in [0.15, 0.2) is 24.4 Å². The lowest BCUT2D eigenvalue weighted by molar-refractivity contribution is -0.122. The van der Waals surface area contributed by atoms with Gasteiger partial charge in [0.2, 0.25) is 5.91 Å². The van der Waals surface area contributed by atoms with Gasteiger partial charge in [-0.3, -0.25) is 9.69 Å². The van der Waals surface area contributed by atoms with Gasteiger partial charge in [0.05, 0.1) is 19.3 Å². The van der Waals surface area contributed by atoms with E-state index < -0.39 is 0 Å². The molecule has 28 heavy (non-hydrogen) atoms. The molecule has 6 heteroatoms. The van der Waals surface area contributed by atoms with Crippen LogP contribution in [0, 0.1) is 5.92 Å². The maximum absolute atomic E-state index is 12.2. The van der Waals surface area contributed by atoms with Crippen molar-refractivity contribution < 1.29 is 9.53 Å². The summed E-state index contributed by atoms with van der Waals surface area (Å²) < 4.78 is 5.33. The van der Waals surface area contributed by atoms with Crippen LogP contribution in [0.1, 0.15) is 43.6 Å². The highest BCUT2D eigenvalue weighted by Crippen LogP contribution is 2.36. The number of piperidine rings is 1. The third-order valence-electron chi connectivity index (χ3n) is 6.67. The number of likely N-dealkylation sites (tertiary alicyclic amines) is 1. The number of aromatic nitrogens is 1. The van der Waals surface area contributed by atoms with E-state index in [1.165, 1.54) is 5.56 Å². The Bertz CT molecular complexity index is 887. The van der Waals surface area contributed by atoms with Gasteiger partial charge in [0, 0.05) is 22.5 Å². The molecule has 1 aromatic carbocycles. The normalized spacial score (nSPS) is 22.0. The number of rotatable bonds is 4. The summed E-state index contributed by atoms with van der Waals surface area (Å²) in [7, 11) is 0. The fourth-order valence-corrected chi connectivity index (χ4v) is 4.80. The zero-order valence-corrected chi connectivity index (χ0v) is 16.8. The number of nitrogens with one attached hydrogen (secondary N) is 1. The van der Waals surface area contributed by atoms with Gasteiger partial charge in [0.15, 0.2) is 0 Å². The number of ether oxygens (including phenoxy) is 1. The van der Waals surface area contributed by atoms with Crippen LogP contribution in [-0.4, -0.2) is 48.1 Å². The minimum absolute atomic E-state index is 0.0969. The summed E-state index contributed by atoms with van der Waals surface area (Å²) in [5, 5.41) is 5.91. The molecule has 0 spiro atoms. The first-order chi connectivity index (χ1) is 13.7. The summed E-state index contributed by atoms with van der Waals surface area (Å²) >= 11 is 6.63. The summed E-state index contributed by atoms with van der Waals surface area (Å²) in [6.07, 6.45) is 7.18. The van der Waals surface area contributed by atoms with Crippen molar-refractivity contribution in [2.75, 3.05) is 31.6 Å². The third-order valence-corrected chi connectivity index (χ3v) is 7.00. The number of hydrogen-bond acceptors (Lipinski definition) is 4. The van der Waals surface area contributed by atoms with Gasteiger partial charge >= 0.3 is 0 Å². The number of amides is 1. The third kappa shape index (κ3) is 3.51. The van der Waals surface area contributed by atoms with Gasteiger partial charge in [0.25, 0.3) is 0 Å². The van der Waals surface area contributed by atoms with E-state index in [1.807, 2.05) is 12.1 Å². The molecular formula is C22H26ClN3O2. The second-order valence-electron chi connectivity index (χ2n) is 8.41. The van der Waals surface area contributed by atoms with E-state index in [9.17, 15) is 4.79 Å². The summed E-state index contributed by atoms with van der Waals surface area (Å²) in [5.74, 6) is 1.37. The first-order valence-corrected chi connectivity index (χ1v) is 10.8. The van der Waals surface area contributed by atoms with Crippen LogP contribution in [0.2, 0.25) is 5.02 Å². The Kier molecular flexibility index (Phi) is 4.99. The Labute approximate surface area is 170 Å². The predicted octanol–water partition coefficient (Wildman–Crippen LogP) is 4.21. The van der Waals surface area contributed by atoms with Crippen LogP contribution < -0.4 is 5.32 Å². The molecule has 148 valence electrons. The standard InChI is InChI=1S/C22H26ClN3O2/c23-20-9-17-11-24-21(25-22(27)15-2-1-3-15)10-16(17)8-19(20)14-4-6-26(7-5-14)18-12-28-13-18/h8-11,14-15,18H,1-7,12-13H2,(H,24,25,27). The van der Waals surface area contributed by atoms with Crippen LogP contribution in [0.25, 0.3) is 10.8 Å². The molecule has 0 atom stereocenters. The first kappa shape index (κ1) is 18.3. The van der Waals surface area contributed by atoms with Gasteiger partial charge in [-0.25, -0.2) is 4.98 Å². The molecule has 1 aromatic heterocycles. The molecule has 1 N–H and O–H groups in total. The molecule has 3 heterocycles. The Hall–Kier alpha value is -1.69. The molecule has 0 unspecified atom stereocenters. The maximum atomic E-state index is 12.2. The maximum Gasteiger partial charge on any atom is 0.228 e. The number of pyridine rings is 1. The smallest absolute Gasteiger partial charge is 0.228 e. The van der Waals surface area contributed by atoms with Crippen molar-refractivity contribution in [2.45, 2.75) is 44.1 Å². The van der Waals surface area contributed by atoms with Gasteiger partial charge in [0.1, 0.15) is 5.82 Å². The number of nitrogens with zero attached hydrogens (tertiary/aromatic N) is 2. The van der Waals surface area contributed by atoms with E-state index in [-0.39, 0.29) is 11.8 Å². The Balaban J connectivity index is 1.33. The molecular weight excluding hydrogens is 374 g/mol. The molecule has 1 aliphatic carbocycles. The number of hydrogen-bond donors (Lipinski definition) is 1. The topological polar surface area (TPSA) is 54.5 Å². The molecule has 0 bridgehead atoms. The van der Waals surface area contributed by atoms with Crippen LogP contribution in [0.4, 0.5) is 5.82 Å². The highest BCUT2D eigenvalue weighted by atomic mass is 35.5. The molecule has 1 amide bonds. The summed E-state index contributed by atoms with van der Waals surface area (Å²) in [5.41, 5.74) is 1.22. The van der Waals surface area contributed by atoms with Crippen molar-refractivity contribution in [3.63, 3.8) is 0 Å². The number of anilines is 1. The highest BCUT2D eigenvalue weighted by molar-refractivity contribution is 6.32. The molecule has 5 nitrogen and oxygen atoms in total. The van der Waals surface area contributed by atoms with Crippen LogP contribution in [0.3, 0.4) is 0 Å². The van der Waals surface area contributed by atoms with E-state index in [0.717, 1.165) is 74.2 Å². The molecule has 5 rings (SSSR count). The molecule has 3 aliphatic rings. The molecule has 2 saturated heterocycles. The number of carbonyl (C=O) groups excluding carboxylic acids is 1. The summed E-state index contributed by atoms with van der Waals surface area (Å²) in [6.45, 7) is 3.96. The number of halogens is 1. The highest BCUT2D eigenvalue weighted by Gasteiger charge is 2.31. The van der Waals surface area contributed by atoms with Crippen molar-refractivity contribution >= 4 is 34.1 Å². The molecule has 3 fully saturated rings. The molecule has 2 aromatic rings. The lowest BCUT2D eigenvalue weighted by Gasteiger charge is -2.41. The second kappa shape index (κ2) is 7.62. The zero-order valence-electron chi connectivity index (χ0n) is 16.0. The van der Waals surface area contributed by atoms with Gasteiger partial charge < -0.3 is 10.1 Å². The minimum Gasteiger partial charge on any atom is -0.378 e. The number of fused-ring (bicyclic) bond motifs is 1.